The van der Waals surface area contributed by atoms with Gasteiger partial charge in [0, 0.05) is 56.3 Å². The summed E-state index contributed by atoms with van der Waals surface area (Å²) in [6.45, 7) is 12.1. The molecule has 1 aromatic heterocycles. The molecule has 0 amide bonds. The van der Waals surface area contributed by atoms with Crippen molar-refractivity contribution in [2.24, 2.45) is 11.8 Å². The minimum atomic E-state index is 0. The molecule has 1 aliphatic carbocycles. The number of hydrogen-bond donors (Lipinski definition) is 1. The summed E-state index contributed by atoms with van der Waals surface area (Å²) >= 11 is 0. The molecule has 1 radical (unpaired) electrons. The van der Waals surface area contributed by atoms with E-state index in [4.69, 9.17) is 0 Å². The van der Waals surface area contributed by atoms with E-state index in [0.717, 1.165) is 49.8 Å². The molecule has 5 rings (SSSR count). The Kier molecular flexibility index (Phi) is 10.4. The van der Waals surface area contributed by atoms with Gasteiger partial charge in [-0.3, -0.25) is 9.59 Å². The molecular weight excluding hydrogens is 675 g/mol. The third-order valence-electron chi connectivity index (χ3n) is 6.57. The third kappa shape index (κ3) is 7.21. The van der Waals surface area contributed by atoms with Crippen LogP contribution in [0.25, 0.3) is 33.2 Å². The van der Waals surface area contributed by atoms with Gasteiger partial charge in [-0.15, -0.1) is 34.9 Å². The van der Waals surface area contributed by atoms with E-state index in [1.807, 2.05) is 77.2 Å². The van der Waals surface area contributed by atoms with E-state index < -0.39 is 0 Å². The maximum Gasteiger partial charge on any atom is 0.194 e. The van der Waals surface area contributed by atoms with Gasteiger partial charge in [0.15, 0.2) is 11.6 Å². The number of ketones is 2. The molecule has 4 nitrogen and oxygen atoms in total. The van der Waals surface area contributed by atoms with Crippen molar-refractivity contribution in [3.05, 3.63) is 101 Å². The summed E-state index contributed by atoms with van der Waals surface area (Å²) in [6.07, 6.45) is 4.27. The van der Waals surface area contributed by atoms with Crippen LogP contribution in [0.3, 0.4) is 0 Å². The summed E-state index contributed by atoms with van der Waals surface area (Å²) in [5.41, 5.74) is 7.76. The van der Waals surface area contributed by atoms with E-state index in [0.29, 0.717) is 24.7 Å². The number of aromatic nitrogens is 1. The van der Waals surface area contributed by atoms with Crippen LogP contribution >= 0.6 is 0 Å². The van der Waals surface area contributed by atoms with Gasteiger partial charge >= 0.3 is 0 Å². The van der Waals surface area contributed by atoms with Gasteiger partial charge < -0.3 is 10.1 Å². The third-order valence-corrected chi connectivity index (χ3v) is 6.57. The molecule has 3 aromatic carbocycles. The Morgan fingerprint density at radius 2 is 1.57 bits per heavy atom. The fourth-order valence-corrected chi connectivity index (χ4v) is 5.05. The van der Waals surface area contributed by atoms with Gasteiger partial charge in [0.25, 0.3) is 0 Å². The molecule has 4 aromatic rings. The molecule has 0 atom stereocenters. The maximum atomic E-state index is 12.8. The molecule has 0 saturated carbocycles. The number of aryl methyl sites for hydroxylation is 2. The van der Waals surface area contributed by atoms with Crippen LogP contribution in [0.2, 0.25) is 0 Å². The molecule has 0 fully saturated rings. The van der Waals surface area contributed by atoms with Gasteiger partial charge in [-0.05, 0) is 51.6 Å². The first-order valence-corrected chi connectivity index (χ1v) is 13.5. The zero-order valence-electron chi connectivity index (χ0n) is 24.0. The topological polar surface area (TPSA) is 67.3 Å². The summed E-state index contributed by atoms with van der Waals surface area (Å²) < 4.78 is 0. The van der Waals surface area contributed by atoms with Gasteiger partial charge in [0.05, 0.1) is 5.76 Å². The minimum Gasteiger partial charge on any atom is -0.512 e. The number of aliphatic hydroxyl groups excluding tert-OH is 1. The predicted octanol–water partition coefficient (Wildman–Crippen LogP) is 8.62. The van der Waals surface area contributed by atoms with Crippen LogP contribution < -0.4 is 0 Å². The quantitative estimate of drug-likeness (QED) is 0.109. The van der Waals surface area contributed by atoms with E-state index in [-0.39, 0.29) is 37.4 Å². The van der Waals surface area contributed by atoms with Crippen LogP contribution in [0, 0.1) is 31.7 Å². The zero-order chi connectivity index (χ0) is 28.3. The minimum absolute atomic E-state index is 0. The molecule has 0 unspecified atom stereocenters. The van der Waals surface area contributed by atoms with E-state index in [1.165, 1.54) is 11.6 Å². The van der Waals surface area contributed by atoms with Crippen molar-refractivity contribution in [3.8, 4) is 22.4 Å². The van der Waals surface area contributed by atoms with Crippen LogP contribution in [0.1, 0.15) is 67.6 Å². The summed E-state index contributed by atoms with van der Waals surface area (Å²) in [6, 6.07) is 21.5. The number of nitrogens with zero attached hydrogens (tertiary/aromatic N) is 1. The van der Waals surface area contributed by atoms with Crippen molar-refractivity contribution in [3.63, 3.8) is 0 Å². The summed E-state index contributed by atoms with van der Waals surface area (Å²) in [5.74, 6) is 1.08. The Hall–Kier alpha value is -3.40. The van der Waals surface area contributed by atoms with E-state index in [9.17, 15) is 14.7 Å². The molecular formula is C35H36IrNO3-. The number of pyridine rings is 1. The average Bonchev–Trinajstić information content (AvgIpc) is 3.12. The number of carbonyl (C=O) groups is 2. The maximum absolute atomic E-state index is 12.8. The molecule has 1 N–H and O–H groups in total. The number of allylic oxidation sites excluding steroid dienone is 2. The summed E-state index contributed by atoms with van der Waals surface area (Å²) in [7, 11) is 0. The van der Waals surface area contributed by atoms with Crippen molar-refractivity contribution in [1.29, 1.82) is 0 Å². The SMILES string of the molecule is CC(C)CC(=O)/C=C(\O)CC(C)C.Cc1[c-]c(-c2nccc3cc4c(cc23)-c2ccccc2C4=O)cc(C)c1.[Ir]. The van der Waals surface area contributed by atoms with Gasteiger partial charge in [-0.25, -0.2) is 0 Å². The molecule has 40 heavy (non-hydrogen) atoms. The van der Waals surface area contributed by atoms with Crippen molar-refractivity contribution < 1.29 is 34.8 Å². The fraction of sp³-hybridized carbons (Fsp3) is 0.286. The second-order valence-electron chi connectivity index (χ2n) is 11.2. The number of fused-ring (bicyclic) bond motifs is 4. The van der Waals surface area contributed by atoms with Crippen molar-refractivity contribution in [2.45, 2.75) is 54.4 Å². The molecule has 5 heteroatoms. The molecule has 0 saturated heterocycles. The Labute approximate surface area is 250 Å². The largest absolute Gasteiger partial charge is 0.512 e. The van der Waals surface area contributed by atoms with Gasteiger partial charge in [-0.2, -0.15) is 0 Å². The van der Waals surface area contributed by atoms with Crippen LogP contribution in [-0.4, -0.2) is 21.7 Å². The van der Waals surface area contributed by atoms with Crippen LogP contribution in [0.15, 0.2) is 72.6 Å². The molecule has 0 spiro atoms. The van der Waals surface area contributed by atoms with Crippen LogP contribution in [0.4, 0.5) is 0 Å². The molecule has 0 bridgehead atoms. The number of aliphatic hydroxyl groups is 1. The average molecular weight is 711 g/mol. The first kappa shape index (κ1) is 31.1. The monoisotopic (exact) mass is 711 g/mol. The predicted molar refractivity (Wildman–Crippen MR) is 159 cm³/mol. The van der Waals surface area contributed by atoms with Crippen LogP contribution in [-0.2, 0) is 24.9 Å². The number of benzene rings is 3. The standard InChI is InChI=1S/C24H16NO.C11H20O2.Ir/c1-14-9-15(2)11-17(10-14)23-20-13-21-18-5-3-4-6-19(18)24(26)22(21)12-16(20)7-8-25-23;1-8(2)5-10(12)7-11(13)6-9(3)4;/h3-10,12-13H,1-2H3;7-9,12H,5-6H2,1-4H3;/q-1;;/b;10-7-;. The van der Waals surface area contributed by atoms with Gasteiger partial charge in [0.1, 0.15) is 0 Å². The van der Waals surface area contributed by atoms with Gasteiger partial charge in [-0.1, -0.05) is 71.9 Å². The van der Waals surface area contributed by atoms with Crippen molar-refractivity contribution in [1.82, 2.24) is 4.98 Å². The molecule has 1 heterocycles. The Morgan fingerprint density at radius 1 is 0.900 bits per heavy atom. The second kappa shape index (κ2) is 13.3. The summed E-state index contributed by atoms with van der Waals surface area (Å²) in [4.78, 5) is 28.6. The van der Waals surface area contributed by atoms with E-state index in [2.05, 4.69) is 36.2 Å². The first-order valence-electron chi connectivity index (χ1n) is 13.5. The Bertz CT molecular complexity index is 1560. The molecule has 209 valence electrons. The zero-order valence-corrected chi connectivity index (χ0v) is 26.4. The number of carbonyl (C=O) groups excluding carboxylic acids is 2. The van der Waals surface area contributed by atoms with Crippen LogP contribution in [0.5, 0.6) is 0 Å². The molecule has 1 aliphatic rings. The number of rotatable bonds is 6. The van der Waals surface area contributed by atoms with Crippen molar-refractivity contribution in [2.75, 3.05) is 0 Å². The Balaban J connectivity index is 0.000000272. The Morgan fingerprint density at radius 3 is 2.23 bits per heavy atom. The molecule has 0 aliphatic heterocycles. The van der Waals surface area contributed by atoms with E-state index >= 15 is 0 Å². The van der Waals surface area contributed by atoms with Gasteiger partial charge in [0.2, 0.25) is 0 Å². The van der Waals surface area contributed by atoms with E-state index in [1.54, 1.807) is 0 Å². The second-order valence-corrected chi connectivity index (χ2v) is 11.2. The van der Waals surface area contributed by atoms with Crippen molar-refractivity contribution >= 4 is 22.3 Å². The number of hydrogen-bond acceptors (Lipinski definition) is 4. The normalized spacial score (nSPS) is 12.1. The first-order chi connectivity index (χ1) is 18.5. The smallest absolute Gasteiger partial charge is 0.194 e. The fourth-order valence-electron chi connectivity index (χ4n) is 5.05. The summed E-state index contributed by atoms with van der Waals surface area (Å²) in [5, 5.41) is 11.4.